The van der Waals surface area contributed by atoms with Crippen LogP contribution in [0.5, 0.6) is 0 Å². The Kier molecular flexibility index (Phi) is 10.0. The normalized spacial score (nSPS) is 10.4. The first-order chi connectivity index (χ1) is 9.42. The number of hydrogen-bond acceptors (Lipinski definition) is 0. The van der Waals surface area contributed by atoms with E-state index >= 15 is 0 Å². The maximum atomic E-state index is 2.29. The van der Waals surface area contributed by atoms with Gasteiger partial charge >= 0.3 is 48.9 Å². The van der Waals surface area contributed by atoms with Crippen LogP contribution < -0.4 is 0 Å². The average Bonchev–Trinajstić information content (AvgIpc) is 2.46. The first-order valence-corrected chi connectivity index (χ1v) is 7.88. The zero-order valence-corrected chi connectivity index (χ0v) is 12.2. The van der Waals surface area contributed by atoms with Gasteiger partial charge in [-0.05, 0) is 29.2 Å². The third-order valence-corrected chi connectivity index (χ3v) is 3.93. The molecule has 2 aromatic rings. The van der Waals surface area contributed by atoms with Crippen molar-refractivity contribution in [2.24, 2.45) is 0 Å². The fourth-order valence-electron chi connectivity index (χ4n) is 2.78. The van der Waals surface area contributed by atoms with E-state index in [1.54, 1.807) is 0 Å². The topological polar surface area (TPSA) is 0 Å². The van der Waals surface area contributed by atoms with Gasteiger partial charge in [0.1, 0.15) is 0 Å². The third kappa shape index (κ3) is 5.95. The molecule has 0 heterocycles. The Labute approximate surface area is 164 Å². The van der Waals surface area contributed by atoms with E-state index in [1.807, 2.05) is 0 Å². The van der Waals surface area contributed by atoms with Crippen molar-refractivity contribution in [2.75, 3.05) is 0 Å². The van der Waals surface area contributed by atoms with Gasteiger partial charge in [0.25, 0.3) is 0 Å². The molecule has 2 rings (SSSR count). The summed E-state index contributed by atoms with van der Waals surface area (Å²) in [5.41, 5.74) is 1.52. The van der Waals surface area contributed by atoms with Gasteiger partial charge in [-0.3, -0.25) is 0 Å². The Morgan fingerprint density at radius 2 is 1.35 bits per heavy atom. The first-order valence-electron chi connectivity index (χ1n) is 7.88. The molecule has 20 heavy (non-hydrogen) atoms. The van der Waals surface area contributed by atoms with E-state index in [2.05, 4.69) is 49.4 Å². The fourth-order valence-corrected chi connectivity index (χ4v) is 2.78. The van der Waals surface area contributed by atoms with Gasteiger partial charge in [0.15, 0.2) is 0 Å². The molecule has 0 nitrogen and oxygen atoms in total. The number of rotatable bonds is 8. The van der Waals surface area contributed by atoms with Gasteiger partial charge in [-0.15, -0.1) is 0 Å². The standard InChI is InChI=1S/C19H26.Ba.2H/c1-2-3-4-5-6-7-8-12-17-14-11-15-18-13-9-10-16-19(17)18;;;/h9-11,13-16H,2-8,12H2,1H3;;;. The summed E-state index contributed by atoms with van der Waals surface area (Å²) in [5.74, 6) is 0. The Balaban J connectivity index is 0.00000200. The molecule has 0 radical (unpaired) electrons. The van der Waals surface area contributed by atoms with Gasteiger partial charge in [-0.25, -0.2) is 0 Å². The molecule has 0 bridgehead atoms. The molecule has 0 saturated heterocycles. The van der Waals surface area contributed by atoms with Crippen molar-refractivity contribution >= 4 is 59.7 Å². The summed E-state index contributed by atoms with van der Waals surface area (Å²) >= 11 is 0. The number of benzene rings is 2. The van der Waals surface area contributed by atoms with Crippen LogP contribution in [0, 0.1) is 0 Å². The summed E-state index contributed by atoms with van der Waals surface area (Å²) in [5, 5.41) is 2.82. The predicted molar refractivity (Wildman–Crippen MR) is 94.2 cm³/mol. The van der Waals surface area contributed by atoms with E-state index in [1.165, 1.54) is 67.7 Å². The predicted octanol–water partition coefficient (Wildman–Crippen LogP) is 5.22. The molecule has 1 heteroatoms. The van der Waals surface area contributed by atoms with Crippen LogP contribution in [0.2, 0.25) is 0 Å². The second-order valence-corrected chi connectivity index (χ2v) is 5.51. The van der Waals surface area contributed by atoms with Crippen molar-refractivity contribution in [3.8, 4) is 0 Å². The number of fused-ring (bicyclic) bond motifs is 1. The van der Waals surface area contributed by atoms with Crippen LogP contribution in [0.3, 0.4) is 0 Å². The van der Waals surface area contributed by atoms with Crippen LogP contribution in [0.25, 0.3) is 10.8 Å². The van der Waals surface area contributed by atoms with Crippen LogP contribution in [0.4, 0.5) is 0 Å². The van der Waals surface area contributed by atoms with Gasteiger partial charge in [0.2, 0.25) is 0 Å². The molecule has 0 fully saturated rings. The summed E-state index contributed by atoms with van der Waals surface area (Å²) in [4.78, 5) is 0. The molecule has 0 unspecified atom stereocenters. The third-order valence-electron chi connectivity index (χ3n) is 3.93. The van der Waals surface area contributed by atoms with Crippen molar-refractivity contribution in [3.05, 3.63) is 48.0 Å². The second-order valence-electron chi connectivity index (χ2n) is 5.51. The Hall–Kier alpha value is 0.271. The van der Waals surface area contributed by atoms with Crippen molar-refractivity contribution in [1.29, 1.82) is 0 Å². The molecule has 0 aliphatic rings. The van der Waals surface area contributed by atoms with Gasteiger partial charge in [0.05, 0.1) is 0 Å². The molecule has 0 aliphatic carbocycles. The average molecular weight is 394 g/mol. The summed E-state index contributed by atoms with van der Waals surface area (Å²) < 4.78 is 0. The monoisotopic (exact) mass is 394 g/mol. The van der Waals surface area contributed by atoms with E-state index in [4.69, 9.17) is 0 Å². The van der Waals surface area contributed by atoms with Crippen molar-refractivity contribution < 1.29 is 0 Å². The van der Waals surface area contributed by atoms with E-state index in [0.717, 1.165) is 0 Å². The molecule has 0 saturated carbocycles. The Bertz CT molecular complexity index is 485. The Morgan fingerprint density at radius 3 is 2.15 bits per heavy atom. The summed E-state index contributed by atoms with van der Waals surface area (Å²) in [6.45, 7) is 2.28. The van der Waals surface area contributed by atoms with E-state index in [0.29, 0.717) is 0 Å². The molecule has 2 aromatic carbocycles. The van der Waals surface area contributed by atoms with Gasteiger partial charge < -0.3 is 0 Å². The molecule has 0 atom stereocenters. The van der Waals surface area contributed by atoms with E-state index in [-0.39, 0.29) is 48.9 Å². The summed E-state index contributed by atoms with van der Waals surface area (Å²) in [6, 6.07) is 15.4. The summed E-state index contributed by atoms with van der Waals surface area (Å²) in [7, 11) is 0. The van der Waals surface area contributed by atoms with Crippen LogP contribution in [0.1, 0.15) is 57.4 Å². The molecular weight excluding hydrogens is 366 g/mol. The molecule has 0 amide bonds. The van der Waals surface area contributed by atoms with Crippen LogP contribution in [-0.4, -0.2) is 48.9 Å². The SMILES string of the molecule is CCCCCCCCCc1cccc2ccccc12.[BaH2]. The van der Waals surface area contributed by atoms with Crippen LogP contribution >= 0.6 is 0 Å². The number of hydrogen-bond donors (Lipinski definition) is 0. The molecule has 0 aromatic heterocycles. The zero-order chi connectivity index (χ0) is 13.3. The number of aryl methyl sites for hydroxylation is 1. The zero-order valence-electron chi connectivity index (χ0n) is 12.2. The second kappa shape index (κ2) is 10.9. The van der Waals surface area contributed by atoms with E-state index in [9.17, 15) is 0 Å². The van der Waals surface area contributed by atoms with Crippen molar-refractivity contribution in [1.82, 2.24) is 0 Å². The van der Waals surface area contributed by atoms with Gasteiger partial charge in [-0.1, -0.05) is 87.9 Å². The summed E-state index contributed by atoms with van der Waals surface area (Å²) in [6.07, 6.45) is 10.9. The molecule has 0 aliphatic heterocycles. The Morgan fingerprint density at radius 1 is 0.700 bits per heavy atom. The first kappa shape index (κ1) is 18.3. The van der Waals surface area contributed by atoms with Crippen LogP contribution in [0.15, 0.2) is 42.5 Å². The van der Waals surface area contributed by atoms with Gasteiger partial charge in [0, 0.05) is 0 Å². The van der Waals surface area contributed by atoms with Gasteiger partial charge in [-0.2, -0.15) is 0 Å². The maximum absolute atomic E-state index is 2.29. The van der Waals surface area contributed by atoms with Crippen LogP contribution in [-0.2, 0) is 6.42 Å². The van der Waals surface area contributed by atoms with Crippen molar-refractivity contribution in [3.63, 3.8) is 0 Å². The number of unbranched alkanes of at least 4 members (excludes halogenated alkanes) is 6. The van der Waals surface area contributed by atoms with E-state index < -0.39 is 0 Å². The minimum atomic E-state index is 0. The molecule has 106 valence electrons. The minimum absolute atomic E-state index is 0. The molecular formula is C19H28Ba. The van der Waals surface area contributed by atoms with Crippen molar-refractivity contribution in [2.45, 2.75) is 58.3 Å². The molecule has 0 spiro atoms. The fraction of sp³-hybridized carbons (Fsp3) is 0.474. The molecule has 0 N–H and O–H groups in total. The quantitative estimate of drug-likeness (QED) is 0.426.